The van der Waals surface area contributed by atoms with Crippen molar-refractivity contribution in [3.8, 4) is 0 Å². The molecule has 4 heteroatoms. The van der Waals surface area contributed by atoms with Crippen LogP contribution in [0.15, 0.2) is 0 Å². The van der Waals surface area contributed by atoms with Crippen molar-refractivity contribution in [3.63, 3.8) is 0 Å². The maximum Gasteiger partial charge on any atom is 0.332 e. The summed E-state index contributed by atoms with van der Waals surface area (Å²) in [5.41, 5.74) is 0. The van der Waals surface area contributed by atoms with Gasteiger partial charge in [0.15, 0.2) is 4.08 Å². The van der Waals surface area contributed by atoms with E-state index in [1.807, 2.05) is 30.4 Å². The number of rotatable bonds is 8. The maximum atomic E-state index is 12.4. The van der Waals surface area contributed by atoms with Crippen LogP contribution >= 0.6 is 23.5 Å². The molecule has 1 fully saturated rings. The van der Waals surface area contributed by atoms with E-state index < -0.39 is 0 Å². The highest BCUT2D eigenvalue weighted by Crippen LogP contribution is 2.48. The van der Waals surface area contributed by atoms with Gasteiger partial charge >= 0.3 is 5.97 Å². The summed E-state index contributed by atoms with van der Waals surface area (Å²) < 4.78 is 5.04. The summed E-state index contributed by atoms with van der Waals surface area (Å²) in [4.78, 5) is 12.4. The molecule has 0 bridgehead atoms. The first-order chi connectivity index (χ1) is 9.18. The van der Waals surface area contributed by atoms with Crippen LogP contribution in [0.4, 0.5) is 0 Å². The van der Waals surface area contributed by atoms with Gasteiger partial charge in [-0.25, -0.2) is 4.79 Å². The summed E-state index contributed by atoms with van der Waals surface area (Å²) in [6.07, 6.45) is 7.12. The molecule has 1 heterocycles. The molecule has 0 aromatic rings. The van der Waals surface area contributed by atoms with Gasteiger partial charge in [-0.05, 0) is 37.2 Å². The number of hydrogen-bond donors (Lipinski definition) is 0. The molecular formula is C15H28O2S2. The van der Waals surface area contributed by atoms with Gasteiger partial charge in [-0.3, -0.25) is 0 Å². The van der Waals surface area contributed by atoms with E-state index in [1.54, 1.807) is 0 Å². The number of thioether (sulfide) groups is 2. The van der Waals surface area contributed by atoms with Crippen LogP contribution in [0.2, 0.25) is 0 Å². The Bertz CT molecular complexity index is 263. The smallest absolute Gasteiger partial charge is 0.332 e. The van der Waals surface area contributed by atoms with Crippen LogP contribution in [-0.4, -0.2) is 28.2 Å². The van der Waals surface area contributed by atoms with Crippen LogP contribution in [0.5, 0.6) is 0 Å². The molecule has 19 heavy (non-hydrogen) atoms. The van der Waals surface area contributed by atoms with Gasteiger partial charge < -0.3 is 4.74 Å². The highest BCUT2D eigenvalue weighted by atomic mass is 32.2. The third kappa shape index (κ3) is 5.22. The predicted molar refractivity (Wildman–Crippen MR) is 86.8 cm³/mol. The fraction of sp³-hybridized carbons (Fsp3) is 0.933. The molecule has 0 spiro atoms. The molecule has 2 nitrogen and oxygen atoms in total. The van der Waals surface area contributed by atoms with Crippen molar-refractivity contribution in [2.24, 2.45) is 5.92 Å². The second-order valence-corrected chi connectivity index (χ2v) is 8.19. The van der Waals surface area contributed by atoms with Gasteiger partial charge in [0.1, 0.15) is 0 Å². The summed E-state index contributed by atoms with van der Waals surface area (Å²) in [5.74, 6) is 2.86. The normalized spacial score (nSPS) is 19.9. The molecule has 1 unspecified atom stereocenters. The molecular weight excluding hydrogens is 276 g/mol. The van der Waals surface area contributed by atoms with E-state index in [0.29, 0.717) is 12.5 Å². The molecule has 1 saturated heterocycles. The number of hydrogen-bond acceptors (Lipinski definition) is 4. The van der Waals surface area contributed by atoms with Gasteiger partial charge in [-0.1, -0.05) is 39.5 Å². The van der Waals surface area contributed by atoms with Gasteiger partial charge in [-0.2, -0.15) is 0 Å². The lowest BCUT2D eigenvalue weighted by Crippen LogP contribution is -2.38. The Morgan fingerprint density at radius 1 is 1.26 bits per heavy atom. The SMILES string of the molecule is CCCCC(CC)CC1(C(=O)OCC)SCCCS1. The Balaban J connectivity index is 2.69. The Morgan fingerprint density at radius 3 is 2.47 bits per heavy atom. The van der Waals surface area contributed by atoms with Crippen LogP contribution in [0.1, 0.15) is 59.3 Å². The summed E-state index contributed by atoms with van der Waals surface area (Å²) >= 11 is 3.65. The molecule has 0 radical (unpaired) electrons. The molecule has 1 atom stereocenters. The van der Waals surface area contributed by atoms with Gasteiger partial charge in [0.2, 0.25) is 0 Å². The lowest BCUT2D eigenvalue weighted by molar-refractivity contribution is -0.143. The van der Waals surface area contributed by atoms with Gasteiger partial charge in [0.25, 0.3) is 0 Å². The Labute approximate surface area is 126 Å². The maximum absolute atomic E-state index is 12.4. The molecule has 0 aliphatic carbocycles. The first-order valence-corrected chi connectivity index (χ1v) is 9.60. The summed E-state index contributed by atoms with van der Waals surface area (Å²) in [6.45, 7) is 6.88. The van der Waals surface area contributed by atoms with E-state index >= 15 is 0 Å². The number of unbranched alkanes of at least 4 members (excludes halogenated alkanes) is 1. The van der Waals surface area contributed by atoms with Crippen LogP contribution in [0.25, 0.3) is 0 Å². The number of ether oxygens (including phenoxy) is 1. The van der Waals surface area contributed by atoms with Gasteiger partial charge in [-0.15, -0.1) is 23.5 Å². The van der Waals surface area contributed by atoms with E-state index in [2.05, 4.69) is 13.8 Å². The van der Waals surface area contributed by atoms with Gasteiger partial charge in [0.05, 0.1) is 6.61 Å². The Kier molecular flexibility index (Phi) is 8.31. The molecule has 0 N–H and O–H groups in total. The predicted octanol–water partition coefficient (Wildman–Crippen LogP) is 4.72. The fourth-order valence-corrected chi connectivity index (χ4v) is 5.77. The highest BCUT2D eigenvalue weighted by molar-refractivity contribution is 8.19. The Morgan fingerprint density at radius 2 is 1.95 bits per heavy atom. The first-order valence-electron chi connectivity index (χ1n) is 7.63. The number of carbonyl (C=O) groups excluding carboxylic acids is 1. The first kappa shape index (κ1) is 17.2. The third-order valence-corrected chi connectivity index (χ3v) is 6.94. The van der Waals surface area contributed by atoms with E-state index in [0.717, 1.165) is 17.9 Å². The van der Waals surface area contributed by atoms with E-state index in [1.165, 1.54) is 32.1 Å². The largest absolute Gasteiger partial charge is 0.464 e. The van der Waals surface area contributed by atoms with Crippen molar-refractivity contribution in [3.05, 3.63) is 0 Å². The average molecular weight is 305 g/mol. The van der Waals surface area contributed by atoms with E-state index in [-0.39, 0.29) is 10.0 Å². The minimum Gasteiger partial charge on any atom is -0.464 e. The van der Waals surface area contributed by atoms with Crippen LogP contribution in [0.3, 0.4) is 0 Å². The second kappa shape index (κ2) is 9.17. The lowest BCUT2D eigenvalue weighted by atomic mass is 9.94. The minimum absolute atomic E-state index is 0.0136. The van der Waals surface area contributed by atoms with E-state index in [9.17, 15) is 4.79 Å². The third-order valence-electron chi connectivity index (χ3n) is 3.65. The van der Waals surface area contributed by atoms with Crippen molar-refractivity contribution < 1.29 is 9.53 Å². The van der Waals surface area contributed by atoms with Crippen molar-refractivity contribution in [2.75, 3.05) is 18.1 Å². The van der Waals surface area contributed by atoms with Gasteiger partial charge in [0, 0.05) is 0 Å². The summed E-state index contributed by atoms with van der Waals surface area (Å²) in [6, 6.07) is 0. The molecule has 1 aliphatic heterocycles. The zero-order valence-corrected chi connectivity index (χ0v) is 14.2. The van der Waals surface area contributed by atoms with Crippen LogP contribution in [0, 0.1) is 5.92 Å². The minimum atomic E-state index is -0.317. The molecule has 0 amide bonds. The molecule has 0 aromatic heterocycles. The molecule has 0 aromatic carbocycles. The van der Waals surface area contributed by atoms with Crippen LogP contribution < -0.4 is 0 Å². The topological polar surface area (TPSA) is 26.3 Å². The second-order valence-electron chi connectivity index (χ2n) is 5.14. The van der Waals surface area contributed by atoms with Crippen molar-refractivity contribution in [2.45, 2.75) is 63.4 Å². The molecule has 1 rings (SSSR count). The standard InChI is InChI=1S/C15H28O2S2/c1-4-7-9-13(5-2)12-15(14(16)17-6-3)18-10-8-11-19-15/h13H,4-12H2,1-3H3. The van der Waals surface area contributed by atoms with Crippen molar-refractivity contribution in [1.29, 1.82) is 0 Å². The molecule has 112 valence electrons. The number of carbonyl (C=O) groups is 1. The zero-order chi connectivity index (χ0) is 14.1. The highest BCUT2D eigenvalue weighted by Gasteiger charge is 2.44. The monoisotopic (exact) mass is 304 g/mol. The van der Waals surface area contributed by atoms with E-state index in [4.69, 9.17) is 4.74 Å². The Hall–Kier alpha value is 0.170. The van der Waals surface area contributed by atoms with Crippen LogP contribution in [-0.2, 0) is 9.53 Å². The quantitative estimate of drug-likeness (QED) is 0.606. The summed E-state index contributed by atoms with van der Waals surface area (Å²) in [7, 11) is 0. The average Bonchev–Trinajstić information content (AvgIpc) is 2.44. The zero-order valence-electron chi connectivity index (χ0n) is 12.6. The van der Waals surface area contributed by atoms with Crippen molar-refractivity contribution in [1.82, 2.24) is 0 Å². The van der Waals surface area contributed by atoms with Crippen molar-refractivity contribution >= 4 is 29.5 Å². The molecule has 0 saturated carbocycles. The molecule has 1 aliphatic rings. The lowest BCUT2D eigenvalue weighted by Gasteiger charge is -2.36. The number of esters is 1. The summed E-state index contributed by atoms with van der Waals surface area (Å²) in [5, 5.41) is 0. The fourth-order valence-electron chi connectivity index (χ4n) is 2.46.